The van der Waals surface area contributed by atoms with Gasteiger partial charge in [-0.15, -0.1) is 0 Å². The van der Waals surface area contributed by atoms with Crippen LogP contribution in [0.2, 0.25) is 0 Å². The molecular weight excluding hydrogens is 304 g/mol. The smallest absolute Gasteiger partial charge is 0.377 e. The lowest BCUT2D eigenvalue weighted by Crippen LogP contribution is -2.10. The Morgan fingerprint density at radius 3 is 2.62 bits per heavy atom. The van der Waals surface area contributed by atoms with Crippen molar-refractivity contribution in [3.05, 3.63) is 65.1 Å². The number of aliphatic hydroxyl groups is 2. The summed E-state index contributed by atoms with van der Waals surface area (Å²) in [5.41, 5.74) is 2.42. The minimum absolute atomic E-state index is 0.366. The molecule has 0 saturated heterocycles. The molecule has 4 nitrogen and oxygen atoms in total. The Morgan fingerprint density at radius 2 is 1.92 bits per heavy atom. The molecular formula is C20H24O4. The lowest BCUT2D eigenvalue weighted by atomic mass is 10.0. The van der Waals surface area contributed by atoms with E-state index in [0.717, 1.165) is 24.8 Å². The highest BCUT2D eigenvalue weighted by Gasteiger charge is 2.33. The van der Waals surface area contributed by atoms with Gasteiger partial charge < -0.3 is 14.9 Å². The van der Waals surface area contributed by atoms with Gasteiger partial charge in [-0.3, -0.25) is 0 Å². The number of carbonyl (C=O) groups is 1. The van der Waals surface area contributed by atoms with E-state index in [2.05, 4.69) is 31.2 Å². The second-order valence-electron chi connectivity index (χ2n) is 5.77. The molecule has 2 N–H and O–H groups in total. The van der Waals surface area contributed by atoms with Crippen LogP contribution in [0.25, 0.3) is 6.08 Å². The van der Waals surface area contributed by atoms with Crippen LogP contribution in [0.3, 0.4) is 0 Å². The summed E-state index contributed by atoms with van der Waals surface area (Å²) >= 11 is 0. The molecule has 0 amide bonds. The summed E-state index contributed by atoms with van der Waals surface area (Å²) in [6.07, 6.45) is 11.9. The minimum atomic E-state index is -0.856. The zero-order chi connectivity index (χ0) is 17.4. The van der Waals surface area contributed by atoms with Gasteiger partial charge in [0.05, 0.1) is 0 Å². The largest absolute Gasteiger partial charge is 0.505 e. The molecule has 2 rings (SSSR count). The summed E-state index contributed by atoms with van der Waals surface area (Å²) in [6.45, 7) is 2.16. The van der Waals surface area contributed by atoms with Gasteiger partial charge >= 0.3 is 5.97 Å². The van der Waals surface area contributed by atoms with E-state index in [1.807, 2.05) is 24.3 Å². The average Bonchev–Trinajstić information content (AvgIpc) is 2.83. The Morgan fingerprint density at radius 1 is 1.12 bits per heavy atom. The molecule has 1 heterocycles. The van der Waals surface area contributed by atoms with Crippen LogP contribution in [-0.2, 0) is 16.0 Å². The Labute approximate surface area is 142 Å². The van der Waals surface area contributed by atoms with E-state index in [1.54, 1.807) is 0 Å². The highest BCUT2D eigenvalue weighted by molar-refractivity contribution is 5.88. The first-order valence-corrected chi connectivity index (χ1v) is 8.36. The van der Waals surface area contributed by atoms with E-state index in [9.17, 15) is 15.0 Å². The van der Waals surface area contributed by atoms with Gasteiger partial charge in [0, 0.05) is 0 Å². The van der Waals surface area contributed by atoms with Crippen molar-refractivity contribution in [3.63, 3.8) is 0 Å². The summed E-state index contributed by atoms with van der Waals surface area (Å²) in [5.74, 6) is -1.89. The average molecular weight is 328 g/mol. The fourth-order valence-corrected chi connectivity index (χ4v) is 2.53. The molecule has 0 aliphatic carbocycles. The number of ether oxygens (including phenoxy) is 1. The van der Waals surface area contributed by atoms with Crippen molar-refractivity contribution in [2.45, 2.75) is 45.1 Å². The molecule has 0 radical (unpaired) electrons. The van der Waals surface area contributed by atoms with E-state index in [4.69, 9.17) is 4.74 Å². The second kappa shape index (κ2) is 8.96. The van der Waals surface area contributed by atoms with Crippen molar-refractivity contribution in [1.82, 2.24) is 0 Å². The van der Waals surface area contributed by atoms with E-state index >= 15 is 0 Å². The molecule has 0 spiro atoms. The van der Waals surface area contributed by atoms with Gasteiger partial charge in [0.25, 0.3) is 0 Å². The molecule has 128 valence electrons. The normalized spacial score (nSPS) is 18.0. The third-order valence-corrected chi connectivity index (χ3v) is 3.90. The third kappa shape index (κ3) is 4.75. The van der Waals surface area contributed by atoms with Crippen LogP contribution in [0.1, 0.15) is 43.7 Å². The third-order valence-electron chi connectivity index (χ3n) is 3.90. The standard InChI is InChI=1S/C20H24O4/c1-2-3-4-5-10-15-11-6-7-12-16(15)13-8-9-14-17-18(21)19(22)20(23)24-17/h4-8,11-13,17,21-22H,2-3,9-10,14H2,1H3/b5-4-,13-8-. The molecule has 0 bridgehead atoms. The summed E-state index contributed by atoms with van der Waals surface area (Å²) in [6, 6.07) is 8.22. The van der Waals surface area contributed by atoms with Crippen molar-refractivity contribution in [1.29, 1.82) is 0 Å². The summed E-state index contributed by atoms with van der Waals surface area (Å²) in [5, 5.41) is 18.8. The van der Waals surface area contributed by atoms with Crippen LogP contribution in [0.4, 0.5) is 0 Å². The number of carbonyl (C=O) groups excluding carboxylic acids is 1. The molecule has 24 heavy (non-hydrogen) atoms. The minimum Gasteiger partial charge on any atom is -0.505 e. The zero-order valence-electron chi connectivity index (χ0n) is 13.9. The number of cyclic esters (lactones) is 1. The van der Waals surface area contributed by atoms with Crippen molar-refractivity contribution >= 4 is 12.0 Å². The lowest BCUT2D eigenvalue weighted by Gasteiger charge is -2.07. The summed E-state index contributed by atoms with van der Waals surface area (Å²) in [7, 11) is 0. The van der Waals surface area contributed by atoms with Crippen molar-refractivity contribution < 1.29 is 19.7 Å². The molecule has 1 aliphatic heterocycles. The van der Waals surface area contributed by atoms with Gasteiger partial charge in [-0.1, -0.05) is 61.9 Å². The maximum absolute atomic E-state index is 11.1. The molecule has 1 aromatic carbocycles. The molecule has 1 aliphatic rings. The molecule has 0 fully saturated rings. The number of rotatable bonds is 8. The van der Waals surface area contributed by atoms with E-state index in [0.29, 0.717) is 12.8 Å². The molecule has 0 aromatic heterocycles. The SMILES string of the molecule is CCC/C=C\Cc1ccccc1/C=C\CCC1OC(=O)C(O)=C1O. The van der Waals surface area contributed by atoms with Crippen molar-refractivity contribution in [2.75, 3.05) is 0 Å². The van der Waals surface area contributed by atoms with Gasteiger partial charge in [-0.2, -0.15) is 0 Å². The maximum atomic E-state index is 11.1. The fourth-order valence-electron chi connectivity index (χ4n) is 2.53. The van der Waals surface area contributed by atoms with Crippen molar-refractivity contribution in [3.8, 4) is 0 Å². The number of hydrogen-bond donors (Lipinski definition) is 2. The quantitative estimate of drug-likeness (QED) is 0.539. The first-order chi connectivity index (χ1) is 11.6. The van der Waals surface area contributed by atoms with E-state index < -0.39 is 17.8 Å². The Kier molecular flexibility index (Phi) is 6.67. The van der Waals surface area contributed by atoms with E-state index in [1.165, 1.54) is 5.56 Å². The topological polar surface area (TPSA) is 66.8 Å². The number of benzene rings is 1. The molecule has 1 atom stereocenters. The molecule has 0 saturated carbocycles. The first-order valence-electron chi connectivity index (χ1n) is 8.36. The van der Waals surface area contributed by atoms with Crippen LogP contribution in [0.5, 0.6) is 0 Å². The monoisotopic (exact) mass is 328 g/mol. The Balaban J connectivity index is 1.89. The zero-order valence-corrected chi connectivity index (χ0v) is 13.9. The van der Waals surface area contributed by atoms with Gasteiger partial charge in [-0.25, -0.2) is 4.79 Å². The van der Waals surface area contributed by atoms with Crippen molar-refractivity contribution in [2.24, 2.45) is 0 Å². The number of hydrogen-bond acceptors (Lipinski definition) is 4. The number of allylic oxidation sites excluding steroid dienone is 3. The molecule has 4 heteroatoms. The number of unbranched alkanes of at least 4 members (excludes halogenated alkanes) is 1. The van der Waals surface area contributed by atoms with Crippen LogP contribution >= 0.6 is 0 Å². The van der Waals surface area contributed by atoms with Crippen LogP contribution in [0.15, 0.2) is 54.0 Å². The summed E-state index contributed by atoms with van der Waals surface area (Å²) < 4.78 is 4.88. The van der Waals surface area contributed by atoms with Gasteiger partial charge in [-0.05, 0) is 36.8 Å². The first kappa shape index (κ1) is 17.9. The maximum Gasteiger partial charge on any atom is 0.377 e. The van der Waals surface area contributed by atoms with Crippen LogP contribution < -0.4 is 0 Å². The Hall–Kier alpha value is -2.49. The van der Waals surface area contributed by atoms with Gasteiger partial charge in [0.1, 0.15) is 0 Å². The molecule has 1 unspecified atom stereocenters. The summed E-state index contributed by atoms with van der Waals surface area (Å²) in [4.78, 5) is 11.1. The molecule has 1 aromatic rings. The van der Waals surface area contributed by atoms with E-state index in [-0.39, 0.29) is 5.76 Å². The second-order valence-corrected chi connectivity index (χ2v) is 5.77. The Bertz CT molecular complexity index is 655. The predicted octanol–water partition coefficient (Wildman–Crippen LogP) is 4.63. The highest BCUT2D eigenvalue weighted by atomic mass is 16.6. The number of aliphatic hydroxyl groups excluding tert-OH is 2. The van der Waals surface area contributed by atoms with Gasteiger partial charge in [0.15, 0.2) is 11.9 Å². The van der Waals surface area contributed by atoms with Crippen LogP contribution in [0, 0.1) is 0 Å². The predicted molar refractivity (Wildman–Crippen MR) is 94.6 cm³/mol. The van der Waals surface area contributed by atoms with Gasteiger partial charge in [0.2, 0.25) is 5.76 Å². The highest BCUT2D eigenvalue weighted by Crippen LogP contribution is 2.22. The van der Waals surface area contributed by atoms with Crippen LogP contribution in [-0.4, -0.2) is 22.3 Å². The fraction of sp³-hybridized carbons (Fsp3) is 0.350. The lowest BCUT2D eigenvalue weighted by molar-refractivity contribution is -0.142. The number of esters is 1.